The van der Waals surface area contributed by atoms with E-state index in [9.17, 15) is 14.9 Å². The molecule has 0 N–H and O–H groups in total. The van der Waals surface area contributed by atoms with Gasteiger partial charge in [-0.1, -0.05) is 15.9 Å². The van der Waals surface area contributed by atoms with E-state index in [0.717, 1.165) is 0 Å². The summed E-state index contributed by atoms with van der Waals surface area (Å²) in [6.45, 7) is 2.05. The molecule has 0 radical (unpaired) electrons. The topological polar surface area (TPSA) is 78.7 Å². The summed E-state index contributed by atoms with van der Waals surface area (Å²) < 4.78 is 11.0. The first kappa shape index (κ1) is 13.8. The second-order valence-corrected chi connectivity index (χ2v) is 5.04. The first-order chi connectivity index (χ1) is 9.02. The van der Waals surface area contributed by atoms with Gasteiger partial charge in [-0.05, 0) is 19.1 Å². The van der Waals surface area contributed by atoms with Gasteiger partial charge in [-0.15, -0.1) is 0 Å². The number of benzene rings is 1. The summed E-state index contributed by atoms with van der Waals surface area (Å²) in [5.41, 5.74) is -0.121. The highest BCUT2D eigenvalue weighted by Gasteiger charge is 2.47. The first-order valence-corrected chi connectivity index (χ1v) is 6.59. The number of hydrogen-bond acceptors (Lipinski definition) is 5. The third-order valence-corrected chi connectivity index (χ3v) is 3.21. The number of halogens is 1. The summed E-state index contributed by atoms with van der Waals surface area (Å²) in [6, 6.07) is 4.55. The van der Waals surface area contributed by atoms with Gasteiger partial charge in [-0.25, -0.2) is 0 Å². The van der Waals surface area contributed by atoms with E-state index in [0.29, 0.717) is 17.5 Å². The number of nitro benzene ring substituents is 1. The largest absolute Gasteiger partial charge is 0.483 e. The minimum absolute atomic E-state index is 0.121. The zero-order valence-corrected chi connectivity index (χ0v) is 11.8. The normalized spacial score (nSPS) is 20.7. The Balaban J connectivity index is 2.05. The Kier molecular flexibility index (Phi) is 4.04. The van der Waals surface area contributed by atoms with E-state index >= 15 is 0 Å². The molecule has 1 aromatic carbocycles. The van der Waals surface area contributed by atoms with Crippen LogP contribution in [0.25, 0.3) is 0 Å². The first-order valence-electron chi connectivity index (χ1n) is 5.80. The van der Waals surface area contributed by atoms with E-state index in [1.807, 2.05) is 0 Å². The van der Waals surface area contributed by atoms with Gasteiger partial charge >= 0.3 is 11.7 Å². The van der Waals surface area contributed by atoms with E-state index in [4.69, 9.17) is 9.47 Å². The second kappa shape index (κ2) is 5.56. The van der Waals surface area contributed by atoms with Gasteiger partial charge in [-0.2, -0.15) is 0 Å². The molecular weight excluding hydrogens is 318 g/mol. The van der Waals surface area contributed by atoms with E-state index in [1.165, 1.54) is 12.1 Å². The molecule has 2 atom stereocenters. The fourth-order valence-electron chi connectivity index (χ4n) is 1.70. The molecule has 102 valence electrons. The van der Waals surface area contributed by atoms with Crippen LogP contribution in [0.3, 0.4) is 0 Å². The van der Waals surface area contributed by atoms with Gasteiger partial charge in [0.05, 0.1) is 17.4 Å². The average molecular weight is 330 g/mol. The summed E-state index contributed by atoms with van der Waals surface area (Å²) in [5.74, 6) is -0.458. The molecule has 1 aliphatic carbocycles. The molecule has 7 heteroatoms. The molecule has 1 fully saturated rings. The summed E-state index contributed by atoms with van der Waals surface area (Å²) in [6.07, 6.45) is 0.199. The number of esters is 1. The smallest absolute Gasteiger partial charge is 0.312 e. The van der Waals surface area contributed by atoms with Crippen molar-refractivity contribution in [1.82, 2.24) is 0 Å². The van der Waals surface area contributed by atoms with Crippen LogP contribution in [0.1, 0.15) is 13.3 Å². The molecule has 0 heterocycles. The molecule has 0 aromatic heterocycles. The molecular formula is C12H12BrNO5. The molecule has 0 spiro atoms. The Morgan fingerprint density at radius 3 is 2.95 bits per heavy atom. The predicted octanol–water partition coefficient (Wildman–Crippen LogP) is 2.69. The summed E-state index contributed by atoms with van der Waals surface area (Å²) in [5, 5.41) is 10.9. The quantitative estimate of drug-likeness (QED) is 0.471. The maximum atomic E-state index is 11.4. The van der Waals surface area contributed by atoms with Crippen LogP contribution in [0.5, 0.6) is 5.75 Å². The van der Waals surface area contributed by atoms with E-state index in [-0.39, 0.29) is 29.4 Å². The predicted molar refractivity (Wildman–Crippen MR) is 70.0 cm³/mol. The zero-order chi connectivity index (χ0) is 14.0. The number of rotatable bonds is 5. The number of carbonyl (C=O) groups excluding carboxylic acids is 1. The highest BCUT2D eigenvalue weighted by atomic mass is 79.9. The molecule has 2 unspecified atom stereocenters. The summed E-state index contributed by atoms with van der Waals surface area (Å²) >= 11 is 3.17. The lowest BCUT2D eigenvalue weighted by Gasteiger charge is -2.06. The third-order valence-electron chi connectivity index (χ3n) is 2.72. The van der Waals surface area contributed by atoms with E-state index in [1.54, 1.807) is 13.0 Å². The number of ether oxygens (including phenoxy) is 2. The minimum atomic E-state index is -0.512. The van der Waals surface area contributed by atoms with Crippen molar-refractivity contribution in [3.05, 3.63) is 32.8 Å². The SMILES string of the molecule is CCOC(=O)C1CC1Oc1ccc(Br)cc1[N+](=O)[O-]. The number of nitro groups is 1. The molecule has 0 aliphatic heterocycles. The van der Waals surface area contributed by atoms with Crippen molar-refractivity contribution in [2.75, 3.05) is 6.61 Å². The Bertz CT molecular complexity index is 519. The Labute approximate surface area is 118 Å². The fourth-order valence-corrected chi connectivity index (χ4v) is 2.04. The monoisotopic (exact) mass is 329 g/mol. The molecule has 1 saturated carbocycles. The average Bonchev–Trinajstić information content (AvgIpc) is 3.11. The van der Waals surface area contributed by atoms with E-state index in [2.05, 4.69) is 15.9 Å². The fraction of sp³-hybridized carbons (Fsp3) is 0.417. The lowest BCUT2D eigenvalue weighted by atomic mass is 10.3. The van der Waals surface area contributed by atoms with Crippen molar-refractivity contribution in [3.8, 4) is 5.75 Å². The number of nitrogens with zero attached hydrogens (tertiary/aromatic N) is 1. The van der Waals surface area contributed by atoms with Crippen molar-refractivity contribution in [2.24, 2.45) is 5.92 Å². The molecule has 6 nitrogen and oxygen atoms in total. The van der Waals surface area contributed by atoms with Crippen molar-refractivity contribution in [1.29, 1.82) is 0 Å². The van der Waals surface area contributed by atoms with Crippen molar-refractivity contribution < 1.29 is 19.2 Å². The van der Waals surface area contributed by atoms with Crippen LogP contribution >= 0.6 is 15.9 Å². The standard InChI is InChI=1S/C12H12BrNO5/c1-2-18-12(15)8-6-11(8)19-10-4-3-7(13)5-9(10)14(16)17/h3-5,8,11H,2,6H2,1H3. The van der Waals surface area contributed by atoms with Crippen LogP contribution in [-0.2, 0) is 9.53 Å². The summed E-state index contributed by atoms with van der Waals surface area (Å²) in [4.78, 5) is 21.8. The molecule has 1 aromatic rings. The maximum absolute atomic E-state index is 11.4. The van der Waals surface area contributed by atoms with Crippen molar-refractivity contribution >= 4 is 27.6 Å². The van der Waals surface area contributed by atoms with E-state index < -0.39 is 4.92 Å². The zero-order valence-electron chi connectivity index (χ0n) is 10.2. The molecule has 0 bridgehead atoms. The molecule has 1 aliphatic rings. The van der Waals surface area contributed by atoms with Gasteiger partial charge in [0.2, 0.25) is 0 Å². The maximum Gasteiger partial charge on any atom is 0.312 e. The third kappa shape index (κ3) is 3.23. The van der Waals surface area contributed by atoms with Gasteiger partial charge in [0.15, 0.2) is 5.75 Å². The Morgan fingerprint density at radius 1 is 1.58 bits per heavy atom. The van der Waals surface area contributed by atoms with Crippen LogP contribution in [0.2, 0.25) is 0 Å². The number of hydrogen-bond donors (Lipinski definition) is 0. The van der Waals surface area contributed by atoms with Crippen LogP contribution in [0, 0.1) is 16.0 Å². The molecule has 0 amide bonds. The van der Waals surface area contributed by atoms with Gasteiger partial charge < -0.3 is 9.47 Å². The molecule has 19 heavy (non-hydrogen) atoms. The highest BCUT2D eigenvalue weighted by molar-refractivity contribution is 9.10. The van der Waals surface area contributed by atoms with Crippen molar-refractivity contribution in [3.63, 3.8) is 0 Å². The van der Waals surface area contributed by atoms with Gasteiger partial charge in [0.1, 0.15) is 6.10 Å². The highest BCUT2D eigenvalue weighted by Crippen LogP contribution is 2.39. The van der Waals surface area contributed by atoms with Gasteiger partial charge in [0, 0.05) is 17.0 Å². The van der Waals surface area contributed by atoms with Crippen LogP contribution in [0.15, 0.2) is 22.7 Å². The minimum Gasteiger partial charge on any atom is -0.483 e. The van der Waals surface area contributed by atoms with Crippen LogP contribution < -0.4 is 4.74 Å². The Hall–Kier alpha value is -1.63. The van der Waals surface area contributed by atoms with Crippen LogP contribution in [-0.4, -0.2) is 23.6 Å². The van der Waals surface area contributed by atoms with Gasteiger partial charge in [-0.3, -0.25) is 14.9 Å². The molecule has 0 saturated heterocycles. The van der Waals surface area contributed by atoms with Crippen molar-refractivity contribution in [2.45, 2.75) is 19.4 Å². The lowest BCUT2D eigenvalue weighted by Crippen LogP contribution is -2.12. The second-order valence-electron chi connectivity index (χ2n) is 4.12. The summed E-state index contributed by atoms with van der Waals surface area (Å²) in [7, 11) is 0. The van der Waals surface area contributed by atoms with Gasteiger partial charge in [0.25, 0.3) is 0 Å². The Morgan fingerprint density at radius 2 is 2.32 bits per heavy atom. The molecule has 2 rings (SSSR count). The van der Waals surface area contributed by atoms with Crippen LogP contribution in [0.4, 0.5) is 5.69 Å². The number of carbonyl (C=O) groups is 1. The lowest BCUT2D eigenvalue weighted by molar-refractivity contribution is -0.386.